The van der Waals surface area contributed by atoms with E-state index in [1.54, 1.807) is 0 Å². The lowest BCUT2D eigenvalue weighted by molar-refractivity contribution is 0.0496. The van der Waals surface area contributed by atoms with Crippen molar-refractivity contribution in [3.8, 4) is 11.5 Å². The van der Waals surface area contributed by atoms with Gasteiger partial charge < -0.3 is 14.2 Å². The highest BCUT2D eigenvalue weighted by atomic mass is 16.6. The average Bonchev–Trinajstić information content (AvgIpc) is 2.76. The molecule has 0 bridgehead atoms. The number of hydrazine groups is 1. The van der Waals surface area contributed by atoms with Gasteiger partial charge in [-0.2, -0.15) is 0 Å². The summed E-state index contributed by atoms with van der Waals surface area (Å²) < 4.78 is 16.6. The zero-order valence-corrected chi connectivity index (χ0v) is 14.5. The first-order chi connectivity index (χ1) is 10.8. The van der Waals surface area contributed by atoms with E-state index in [1.165, 1.54) is 0 Å². The van der Waals surface area contributed by atoms with Crippen LogP contribution in [0.5, 0.6) is 11.5 Å². The van der Waals surface area contributed by atoms with Gasteiger partial charge in [0.05, 0.1) is 6.61 Å². The summed E-state index contributed by atoms with van der Waals surface area (Å²) in [5.74, 6) is 1.69. The number of carbonyl (C=O) groups excluding carboxylic acids is 1. The standard InChI is InChI=1S/C17H26N2O4/c1-6-21-14-8-12-7-11(2)22-15(12)9-13(14)10-18-19-16(20)23-17(3,4)5/h8-9,11,18H,6-7,10H2,1-5H3,(H,19,20). The summed E-state index contributed by atoms with van der Waals surface area (Å²) >= 11 is 0. The molecule has 0 fully saturated rings. The topological polar surface area (TPSA) is 68.8 Å². The molecule has 6 nitrogen and oxygen atoms in total. The first-order valence-corrected chi connectivity index (χ1v) is 7.95. The molecule has 1 aromatic rings. The maximum Gasteiger partial charge on any atom is 0.422 e. The van der Waals surface area contributed by atoms with E-state index in [4.69, 9.17) is 14.2 Å². The van der Waals surface area contributed by atoms with Gasteiger partial charge >= 0.3 is 6.09 Å². The van der Waals surface area contributed by atoms with Crippen LogP contribution in [0.3, 0.4) is 0 Å². The molecule has 1 heterocycles. The van der Waals surface area contributed by atoms with Crippen molar-refractivity contribution in [2.45, 2.75) is 59.3 Å². The highest BCUT2D eigenvalue weighted by Crippen LogP contribution is 2.35. The van der Waals surface area contributed by atoms with Crippen LogP contribution in [-0.2, 0) is 17.7 Å². The molecule has 1 aliphatic rings. The Kier molecular flexibility index (Phi) is 5.36. The number of benzene rings is 1. The van der Waals surface area contributed by atoms with Crippen molar-refractivity contribution in [1.82, 2.24) is 10.9 Å². The minimum absolute atomic E-state index is 0.183. The highest BCUT2D eigenvalue weighted by Gasteiger charge is 2.22. The van der Waals surface area contributed by atoms with Crippen LogP contribution in [0, 0.1) is 0 Å². The van der Waals surface area contributed by atoms with Crippen molar-refractivity contribution in [3.63, 3.8) is 0 Å². The predicted molar refractivity (Wildman–Crippen MR) is 87.6 cm³/mol. The number of carbonyl (C=O) groups is 1. The maximum absolute atomic E-state index is 11.6. The molecule has 128 valence electrons. The molecule has 0 saturated carbocycles. The number of amides is 1. The molecule has 0 spiro atoms. The number of nitrogens with one attached hydrogen (secondary N) is 2. The highest BCUT2D eigenvalue weighted by molar-refractivity contribution is 5.67. The van der Waals surface area contributed by atoms with Crippen molar-refractivity contribution >= 4 is 6.09 Å². The van der Waals surface area contributed by atoms with Gasteiger partial charge in [-0.05, 0) is 46.8 Å². The zero-order chi connectivity index (χ0) is 17.0. The number of rotatable bonds is 5. The first-order valence-electron chi connectivity index (χ1n) is 7.95. The smallest absolute Gasteiger partial charge is 0.422 e. The molecule has 6 heteroatoms. The second-order valence-corrected chi connectivity index (χ2v) is 6.61. The molecule has 2 N–H and O–H groups in total. The van der Waals surface area contributed by atoms with Crippen LogP contribution in [0.15, 0.2) is 12.1 Å². The summed E-state index contributed by atoms with van der Waals surface area (Å²) in [4.78, 5) is 11.6. The number of hydrogen-bond donors (Lipinski definition) is 2. The van der Waals surface area contributed by atoms with Gasteiger partial charge in [0.15, 0.2) is 0 Å². The largest absolute Gasteiger partial charge is 0.494 e. The summed E-state index contributed by atoms with van der Waals surface area (Å²) in [5, 5.41) is 0. The van der Waals surface area contributed by atoms with Gasteiger partial charge in [-0.25, -0.2) is 10.2 Å². The third-order valence-electron chi connectivity index (χ3n) is 3.25. The lowest BCUT2D eigenvalue weighted by Gasteiger charge is -2.20. The van der Waals surface area contributed by atoms with E-state index in [9.17, 15) is 4.79 Å². The SMILES string of the molecule is CCOc1cc2c(cc1CNNC(=O)OC(C)(C)C)OC(C)C2. The molecule has 23 heavy (non-hydrogen) atoms. The predicted octanol–water partition coefficient (Wildman–Crippen LogP) is 2.94. The van der Waals surface area contributed by atoms with Gasteiger partial charge in [0.25, 0.3) is 0 Å². The second kappa shape index (κ2) is 7.08. The maximum atomic E-state index is 11.6. The summed E-state index contributed by atoms with van der Waals surface area (Å²) in [6.45, 7) is 10.4. The zero-order valence-electron chi connectivity index (χ0n) is 14.5. The van der Waals surface area contributed by atoms with Crippen LogP contribution >= 0.6 is 0 Å². The lowest BCUT2D eigenvalue weighted by atomic mass is 10.1. The molecule has 0 aromatic heterocycles. The molecule has 1 atom stereocenters. The van der Waals surface area contributed by atoms with Gasteiger partial charge in [0.2, 0.25) is 0 Å². The van der Waals surface area contributed by atoms with Crippen LogP contribution in [0.2, 0.25) is 0 Å². The fourth-order valence-electron chi connectivity index (χ4n) is 2.42. The molecule has 1 aliphatic heterocycles. The summed E-state index contributed by atoms with van der Waals surface area (Å²) in [7, 11) is 0. The van der Waals surface area contributed by atoms with E-state index in [0.717, 1.165) is 29.0 Å². The van der Waals surface area contributed by atoms with E-state index in [-0.39, 0.29) is 6.10 Å². The van der Waals surface area contributed by atoms with Crippen LogP contribution < -0.4 is 20.3 Å². The Bertz CT molecular complexity index is 566. The van der Waals surface area contributed by atoms with E-state index in [0.29, 0.717) is 13.2 Å². The Morgan fingerprint density at radius 3 is 2.78 bits per heavy atom. The molecular formula is C17H26N2O4. The minimum atomic E-state index is -0.528. The summed E-state index contributed by atoms with van der Waals surface area (Å²) in [6, 6.07) is 3.99. The summed E-state index contributed by atoms with van der Waals surface area (Å²) in [5.41, 5.74) is 6.95. The Balaban J connectivity index is 1.99. The third kappa shape index (κ3) is 5.03. The van der Waals surface area contributed by atoms with Gasteiger partial charge in [0, 0.05) is 24.1 Å². The minimum Gasteiger partial charge on any atom is -0.494 e. The number of hydrogen-bond acceptors (Lipinski definition) is 5. The third-order valence-corrected chi connectivity index (χ3v) is 3.25. The molecule has 2 rings (SSSR count). The fraction of sp³-hybridized carbons (Fsp3) is 0.588. The van der Waals surface area contributed by atoms with E-state index < -0.39 is 11.7 Å². The Hall–Kier alpha value is -1.95. The van der Waals surface area contributed by atoms with E-state index >= 15 is 0 Å². The van der Waals surface area contributed by atoms with Crippen molar-refractivity contribution < 1.29 is 19.0 Å². The number of fused-ring (bicyclic) bond motifs is 1. The fourth-order valence-corrected chi connectivity index (χ4v) is 2.42. The molecule has 1 unspecified atom stereocenters. The van der Waals surface area contributed by atoms with Crippen molar-refractivity contribution in [1.29, 1.82) is 0 Å². The molecule has 0 saturated heterocycles. The van der Waals surface area contributed by atoms with Gasteiger partial charge in [-0.3, -0.25) is 5.43 Å². The second-order valence-electron chi connectivity index (χ2n) is 6.61. The van der Waals surface area contributed by atoms with Crippen LogP contribution in [-0.4, -0.2) is 24.4 Å². The average molecular weight is 322 g/mol. The van der Waals surface area contributed by atoms with Crippen LogP contribution in [0.1, 0.15) is 45.7 Å². The lowest BCUT2D eigenvalue weighted by Crippen LogP contribution is -2.40. The Labute approximate surface area is 137 Å². The Morgan fingerprint density at radius 1 is 1.39 bits per heavy atom. The van der Waals surface area contributed by atoms with Crippen LogP contribution in [0.4, 0.5) is 4.79 Å². The van der Waals surface area contributed by atoms with Crippen molar-refractivity contribution in [3.05, 3.63) is 23.3 Å². The van der Waals surface area contributed by atoms with Gasteiger partial charge in [-0.1, -0.05) is 0 Å². The van der Waals surface area contributed by atoms with Crippen molar-refractivity contribution in [2.75, 3.05) is 6.61 Å². The molecule has 0 aliphatic carbocycles. The number of ether oxygens (including phenoxy) is 3. The van der Waals surface area contributed by atoms with E-state index in [1.807, 2.05) is 46.8 Å². The molecular weight excluding hydrogens is 296 g/mol. The van der Waals surface area contributed by atoms with E-state index in [2.05, 4.69) is 10.9 Å². The normalized spacial score (nSPS) is 16.5. The quantitative estimate of drug-likeness (QED) is 0.816. The van der Waals surface area contributed by atoms with Crippen LogP contribution in [0.25, 0.3) is 0 Å². The Morgan fingerprint density at radius 2 is 2.13 bits per heavy atom. The van der Waals surface area contributed by atoms with Gasteiger partial charge in [-0.15, -0.1) is 0 Å². The first kappa shape index (κ1) is 17.4. The monoisotopic (exact) mass is 322 g/mol. The molecule has 1 aromatic carbocycles. The van der Waals surface area contributed by atoms with Crippen molar-refractivity contribution in [2.24, 2.45) is 0 Å². The van der Waals surface area contributed by atoms with Gasteiger partial charge in [0.1, 0.15) is 23.2 Å². The summed E-state index contributed by atoms with van der Waals surface area (Å²) in [6.07, 6.45) is 0.559. The molecule has 1 amide bonds. The molecule has 0 radical (unpaired) electrons.